The molecule has 1 aliphatic rings. The summed E-state index contributed by atoms with van der Waals surface area (Å²) in [5, 5.41) is 0. The fraction of sp³-hybridized carbons (Fsp3) is 0.333. The Morgan fingerprint density at radius 1 is 1.25 bits per heavy atom. The van der Waals surface area contributed by atoms with E-state index < -0.39 is 26.6 Å². The number of Topliss-reactive ketones (excluding diaryl/α,β-unsaturated/α-hetero) is 1. The van der Waals surface area contributed by atoms with Gasteiger partial charge < -0.3 is 4.90 Å². The molecule has 0 radical (unpaired) electrons. The number of halogens is 2. The van der Waals surface area contributed by atoms with Crippen LogP contribution < -0.4 is 0 Å². The van der Waals surface area contributed by atoms with Gasteiger partial charge in [0.15, 0.2) is 20.5 Å². The standard InChI is InChI=1S/C12H11Cl2NO4S/c1-20(18,19)8-4-2-7(3-5-8)10(16)9-6-15(9)12(17)11(13)14/h2-5,9,11H,6H2,1H3. The lowest BCUT2D eigenvalue weighted by atomic mass is 10.1. The van der Waals surface area contributed by atoms with Gasteiger partial charge in [-0.2, -0.15) is 0 Å². The van der Waals surface area contributed by atoms with Gasteiger partial charge in [-0.05, 0) is 12.1 Å². The van der Waals surface area contributed by atoms with Crippen LogP contribution in [0.3, 0.4) is 0 Å². The average molecular weight is 336 g/mol. The minimum absolute atomic E-state index is 0.138. The predicted octanol–water partition coefficient (Wildman–Crippen LogP) is 1.29. The second-order valence-corrected chi connectivity index (χ2v) is 7.58. The van der Waals surface area contributed by atoms with Gasteiger partial charge >= 0.3 is 0 Å². The lowest BCUT2D eigenvalue weighted by molar-refractivity contribution is -0.124. The van der Waals surface area contributed by atoms with Crippen molar-refractivity contribution in [3.8, 4) is 0 Å². The first-order valence-electron chi connectivity index (χ1n) is 5.65. The Morgan fingerprint density at radius 2 is 1.80 bits per heavy atom. The Kier molecular flexibility index (Phi) is 4.09. The van der Waals surface area contributed by atoms with Gasteiger partial charge in [-0.3, -0.25) is 9.59 Å². The molecule has 108 valence electrons. The van der Waals surface area contributed by atoms with Crippen LogP contribution in [0, 0.1) is 0 Å². The summed E-state index contributed by atoms with van der Waals surface area (Å²) in [5.41, 5.74) is 0.346. The van der Waals surface area contributed by atoms with E-state index in [0.717, 1.165) is 6.26 Å². The van der Waals surface area contributed by atoms with Crippen molar-refractivity contribution < 1.29 is 18.0 Å². The van der Waals surface area contributed by atoms with E-state index in [1.807, 2.05) is 0 Å². The summed E-state index contributed by atoms with van der Waals surface area (Å²) in [6.45, 7) is 0.279. The van der Waals surface area contributed by atoms with Crippen molar-refractivity contribution in [3.05, 3.63) is 29.8 Å². The fourth-order valence-corrected chi connectivity index (χ4v) is 2.67. The Labute approximate surface area is 126 Å². The number of benzene rings is 1. The first-order chi connectivity index (χ1) is 9.21. The number of ketones is 1. The van der Waals surface area contributed by atoms with Gasteiger partial charge in [-0.15, -0.1) is 0 Å². The van der Waals surface area contributed by atoms with Crippen molar-refractivity contribution >= 4 is 44.7 Å². The Bertz CT molecular complexity index is 655. The first kappa shape index (κ1) is 15.3. The van der Waals surface area contributed by atoms with E-state index in [1.165, 1.54) is 29.2 Å². The molecule has 0 aromatic heterocycles. The van der Waals surface area contributed by atoms with Gasteiger partial charge in [0.25, 0.3) is 5.91 Å². The van der Waals surface area contributed by atoms with E-state index >= 15 is 0 Å². The molecule has 0 saturated carbocycles. The average Bonchev–Trinajstić information content (AvgIpc) is 3.16. The number of amides is 1. The summed E-state index contributed by atoms with van der Waals surface area (Å²) >= 11 is 10.9. The monoisotopic (exact) mass is 335 g/mol. The molecule has 1 aliphatic heterocycles. The molecule has 1 saturated heterocycles. The lowest BCUT2D eigenvalue weighted by Gasteiger charge is -2.05. The van der Waals surface area contributed by atoms with Crippen LogP contribution >= 0.6 is 23.2 Å². The van der Waals surface area contributed by atoms with Crippen LogP contribution in [0.25, 0.3) is 0 Å². The number of hydrogen-bond donors (Lipinski definition) is 0. The van der Waals surface area contributed by atoms with E-state index in [1.54, 1.807) is 0 Å². The Balaban J connectivity index is 2.11. The molecule has 1 amide bonds. The highest BCUT2D eigenvalue weighted by Crippen LogP contribution is 2.25. The predicted molar refractivity (Wildman–Crippen MR) is 74.9 cm³/mol. The number of carbonyl (C=O) groups excluding carboxylic acids is 2. The zero-order valence-electron chi connectivity index (χ0n) is 10.4. The summed E-state index contributed by atoms with van der Waals surface area (Å²) in [7, 11) is -3.30. The quantitative estimate of drug-likeness (QED) is 0.472. The van der Waals surface area contributed by atoms with Crippen molar-refractivity contribution in [1.82, 2.24) is 4.90 Å². The van der Waals surface area contributed by atoms with Crippen LogP contribution in [0.4, 0.5) is 0 Å². The Morgan fingerprint density at radius 3 is 2.25 bits per heavy atom. The van der Waals surface area contributed by atoms with Gasteiger partial charge in [0.2, 0.25) is 0 Å². The van der Waals surface area contributed by atoms with Gasteiger partial charge in [-0.25, -0.2) is 8.42 Å². The molecule has 2 rings (SSSR count). The topological polar surface area (TPSA) is 71.3 Å². The maximum atomic E-state index is 12.1. The summed E-state index contributed by atoms with van der Waals surface area (Å²) in [6.07, 6.45) is 1.09. The third-order valence-corrected chi connectivity index (χ3v) is 4.45. The Hall–Kier alpha value is -1.11. The molecule has 0 spiro atoms. The second kappa shape index (κ2) is 5.35. The molecule has 0 aliphatic carbocycles. The van der Waals surface area contributed by atoms with Crippen molar-refractivity contribution in [2.24, 2.45) is 0 Å². The molecular formula is C12H11Cl2NO4S. The van der Waals surface area contributed by atoms with Gasteiger partial charge in [0, 0.05) is 18.4 Å². The molecule has 1 aromatic carbocycles. The van der Waals surface area contributed by atoms with Crippen molar-refractivity contribution in [2.75, 3.05) is 12.8 Å². The number of alkyl halides is 2. The van der Waals surface area contributed by atoms with Gasteiger partial charge in [-0.1, -0.05) is 35.3 Å². The third-order valence-electron chi connectivity index (χ3n) is 2.95. The van der Waals surface area contributed by atoms with Crippen LogP contribution in [0.2, 0.25) is 0 Å². The van der Waals surface area contributed by atoms with Crippen LogP contribution in [-0.4, -0.2) is 48.7 Å². The lowest BCUT2D eigenvalue weighted by Crippen LogP contribution is -2.23. The summed E-state index contributed by atoms with van der Waals surface area (Å²) < 4.78 is 22.6. The second-order valence-electron chi connectivity index (χ2n) is 4.47. The molecule has 0 N–H and O–H groups in total. The molecule has 0 bridgehead atoms. The minimum Gasteiger partial charge on any atom is -0.326 e. The van der Waals surface area contributed by atoms with Crippen LogP contribution in [0.1, 0.15) is 10.4 Å². The van der Waals surface area contributed by atoms with E-state index in [0.29, 0.717) is 5.56 Å². The fourth-order valence-electron chi connectivity index (χ4n) is 1.79. The number of carbonyl (C=O) groups is 2. The molecule has 1 fully saturated rings. The molecule has 5 nitrogen and oxygen atoms in total. The van der Waals surface area contributed by atoms with Crippen LogP contribution in [-0.2, 0) is 14.6 Å². The highest BCUT2D eigenvalue weighted by molar-refractivity contribution is 7.90. The van der Waals surface area contributed by atoms with E-state index in [9.17, 15) is 18.0 Å². The highest BCUT2D eigenvalue weighted by atomic mass is 35.5. The number of rotatable bonds is 4. The van der Waals surface area contributed by atoms with Crippen LogP contribution in [0.5, 0.6) is 0 Å². The first-order valence-corrected chi connectivity index (χ1v) is 8.41. The zero-order chi connectivity index (χ0) is 15.1. The van der Waals surface area contributed by atoms with E-state index in [2.05, 4.69) is 0 Å². The molecular weight excluding hydrogens is 325 g/mol. The SMILES string of the molecule is CS(=O)(=O)c1ccc(C(=O)C2CN2C(=O)C(Cl)Cl)cc1. The maximum Gasteiger partial charge on any atom is 0.256 e. The molecule has 1 aromatic rings. The summed E-state index contributed by atoms with van der Waals surface area (Å²) in [5.74, 6) is -0.758. The van der Waals surface area contributed by atoms with Gasteiger partial charge in [0.1, 0.15) is 6.04 Å². The highest BCUT2D eigenvalue weighted by Gasteiger charge is 2.45. The summed E-state index contributed by atoms with van der Waals surface area (Å²) in [4.78, 5) is 23.8. The van der Waals surface area contributed by atoms with Gasteiger partial charge in [0.05, 0.1) is 4.90 Å². The molecule has 20 heavy (non-hydrogen) atoms. The molecule has 1 unspecified atom stereocenters. The summed E-state index contributed by atoms with van der Waals surface area (Å²) in [6, 6.07) is 5.02. The maximum absolute atomic E-state index is 12.1. The minimum atomic E-state index is -3.30. The van der Waals surface area contributed by atoms with E-state index in [-0.39, 0.29) is 17.2 Å². The van der Waals surface area contributed by atoms with Crippen molar-refractivity contribution in [2.45, 2.75) is 15.8 Å². The number of nitrogens with zero attached hydrogens (tertiary/aromatic N) is 1. The largest absolute Gasteiger partial charge is 0.326 e. The normalized spacial score (nSPS) is 18.2. The molecule has 8 heteroatoms. The number of hydrogen-bond acceptors (Lipinski definition) is 4. The zero-order valence-corrected chi connectivity index (χ0v) is 12.7. The van der Waals surface area contributed by atoms with E-state index in [4.69, 9.17) is 23.2 Å². The molecule has 1 heterocycles. The molecule has 1 atom stereocenters. The van der Waals surface area contributed by atoms with Crippen molar-refractivity contribution in [1.29, 1.82) is 0 Å². The smallest absolute Gasteiger partial charge is 0.256 e. The number of sulfone groups is 1. The van der Waals surface area contributed by atoms with Crippen LogP contribution in [0.15, 0.2) is 29.2 Å². The van der Waals surface area contributed by atoms with Crippen molar-refractivity contribution in [3.63, 3.8) is 0 Å². The third kappa shape index (κ3) is 3.13.